The van der Waals surface area contributed by atoms with E-state index in [9.17, 15) is 4.79 Å². The van der Waals surface area contributed by atoms with Crippen LogP contribution >= 0.6 is 11.8 Å². The molecule has 0 saturated heterocycles. The van der Waals surface area contributed by atoms with Crippen LogP contribution in [0.15, 0.2) is 0 Å². The molecule has 0 aromatic heterocycles. The van der Waals surface area contributed by atoms with Gasteiger partial charge in [-0.25, -0.2) is 0 Å². The van der Waals surface area contributed by atoms with Crippen molar-refractivity contribution in [3.63, 3.8) is 0 Å². The molecule has 0 saturated carbocycles. The van der Waals surface area contributed by atoms with Crippen molar-refractivity contribution in [3.05, 3.63) is 0 Å². The molecule has 1 unspecified atom stereocenters. The third-order valence-corrected chi connectivity index (χ3v) is 4.39. The summed E-state index contributed by atoms with van der Waals surface area (Å²) in [7, 11) is 0. The van der Waals surface area contributed by atoms with Gasteiger partial charge in [0, 0.05) is 11.6 Å². The van der Waals surface area contributed by atoms with Crippen LogP contribution in [0.5, 0.6) is 0 Å². The van der Waals surface area contributed by atoms with Gasteiger partial charge in [-0.1, -0.05) is 6.92 Å². The first-order valence-electron chi connectivity index (χ1n) is 6.30. The first kappa shape index (κ1) is 16.8. The van der Waals surface area contributed by atoms with Crippen LogP contribution in [0.1, 0.15) is 48.0 Å². The fourth-order valence-electron chi connectivity index (χ4n) is 1.17. The molecular weight excluding hydrogens is 232 g/mol. The normalized spacial score (nSPS) is 14.5. The molecule has 0 aromatic rings. The monoisotopic (exact) mass is 260 g/mol. The number of rotatable bonds is 7. The molecular formula is C13H28N2OS. The summed E-state index contributed by atoms with van der Waals surface area (Å²) >= 11 is 1.90. The predicted octanol–water partition coefficient (Wildman–Crippen LogP) is 2.40. The minimum atomic E-state index is -0.556. The van der Waals surface area contributed by atoms with E-state index >= 15 is 0 Å². The molecule has 4 heteroatoms. The van der Waals surface area contributed by atoms with Crippen molar-refractivity contribution in [2.75, 3.05) is 11.5 Å². The highest BCUT2D eigenvalue weighted by molar-refractivity contribution is 7.99. The third-order valence-electron chi connectivity index (χ3n) is 3.46. The maximum Gasteiger partial charge on any atom is 0.227 e. The number of hydrogen-bond acceptors (Lipinski definition) is 3. The molecule has 0 aliphatic rings. The summed E-state index contributed by atoms with van der Waals surface area (Å²) in [5, 5.41) is 3.05. The number of carbonyl (C=O) groups excluding carboxylic acids is 1. The van der Waals surface area contributed by atoms with Gasteiger partial charge in [-0.05, 0) is 52.5 Å². The second-order valence-electron chi connectivity index (χ2n) is 5.71. The average Bonchev–Trinajstić information content (AvgIpc) is 2.16. The summed E-state index contributed by atoms with van der Waals surface area (Å²) in [6.45, 7) is 11.8. The van der Waals surface area contributed by atoms with Crippen LogP contribution in [-0.4, -0.2) is 29.0 Å². The highest BCUT2D eigenvalue weighted by Crippen LogP contribution is 2.28. The van der Waals surface area contributed by atoms with E-state index in [-0.39, 0.29) is 11.9 Å². The van der Waals surface area contributed by atoms with Gasteiger partial charge in [0.1, 0.15) is 0 Å². The zero-order valence-corrected chi connectivity index (χ0v) is 12.9. The Morgan fingerprint density at radius 2 is 1.88 bits per heavy atom. The Kier molecular flexibility index (Phi) is 6.56. The van der Waals surface area contributed by atoms with E-state index in [1.807, 2.05) is 46.4 Å². The Balaban J connectivity index is 4.25. The van der Waals surface area contributed by atoms with Gasteiger partial charge in [-0.15, -0.1) is 0 Å². The summed E-state index contributed by atoms with van der Waals surface area (Å²) in [5.41, 5.74) is 4.97. The topological polar surface area (TPSA) is 55.1 Å². The largest absolute Gasteiger partial charge is 0.353 e. The molecule has 0 aliphatic carbocycles. The zero-order chi connectivity index (χ0) is 13.7. The molecule has 3 nitrogen and oxygen atoms in total. The molecule has 1 atom stereocenters. The molecule has 0 bridgehead atoms. The van der Waals surface area contributed by atoms with E-state index in [4.69, 9.17) is 5.73 Å². The molecule has 102 valence electrons. The number of nitrogens with one attached hydrogen (secondary N) is 1. The van der Waals surface area contributed by atoms with E-state index < -0.39 is 11.0 Å². The van der Waals surface area contributed by atoms with Crippen LogP contribution in [0.25, 0.3) is 0 Å². The maximum absolute atomic E-state index is 12.2. The fourth-order valence-corrected chi connectivity index (χ4v) is 1.98. The molecule has 0 fully saturated rings. The Morgan fingerprint density at radius 3 is 2.29 bits per heavy atom. The van der Waals surface area contributed by atoms with Crippen LogP contribution in [0.4, 0.5) is 0 Å². The van der Waals surface area contributed by atoms with E-state index in [1.165, 1.54) is 0 Å². The predicted molar refractivity (Wildman–Crippen MR) is 77.3 cm³/mol. The Morgan fingerprint density at radius 1 is 1.35 bits per heavy atom. The van der Waals surface area contributed by atoms with Crippen LogP contribution in [0.3, 0.4) is 0 Å². The molecule has 0 spiro atoms. The Labute approximate surface area is 110 Å². The van der Waals surface area contributed by atoms with Crippen molar-refractivity contribution >= 4 is 17.7 Å². The zero-order valence-electron chi connectivity index (χ0n) is 12.1. The molecule has 1 amide bonds. The van der Waals surface area contributed by atoms with Crippen molar-refractivity contribution in [3.8, 4) is 0 Å². The van der Waals surface area contributed by atoms with Crippen LogP contribution in [-0.2, 0) is 4.79 Å². The van der Waals surface area contributed by atoms with E-state index in [2.05, 4.69) is 12.2 Å². The van der Waals surface area contributed by atoms with Crippen molar-refractivity contribution in [2.24, 2.45) is 11.1 Å². The summed E-state index contributed by atoms with van der Waals surface area (Å²) < 4.78 is 0. The molecule has 0 radical (unpaired) electrons. The van der Waals surface area contributed by atoms with Gasteiger partial charge < -0.3 is 11.1 Å². The van der Waals surface area contributed by atoms with E-state index in [1.54, 1.807) is 0 Å². The number of carbonyl (C=O) groups is 1. The van der Waals surface area contributed by atoms with Crippen molar-refractivity contribution in [1.29, 1.82) is 0 Å². The molecule has 0 aromatic carbocycles. The standard InChI is InChI=1S/C13H28N2OS/c1-7-17-9-8-10(2)15-11(16)12(3,4)13(5,6)14/h10H,7-9,14H2,1-6H3,(H,15,16). The van der Waals surface area contributed by atoms with Gasteiger partial charge in [0.25, 0.3) is 0 Å². The Bertz CT molecular complexity index is 246. The van der Waals surface area contributed by atoms with Crippen molar-refractivity contribution in [1.82, 2.24) is 5.32 Å². The van der Waals surface area contributed by atoms with Gasteiger partial charge in [0.15, 0.2) is 0 Å². The van der Waals surface area contributed by atoms with E-state index in [0.29, 0.717) is 0 Å². The lowest BCUT2D eigenvalue weighted by atomic mass is 9.74. The summed E-state index contributed by atoms with van der Waals surface area (Å²) in [4.78, 5) is 12.2. The first-order valence-corrected chi connectivity index (χ1v) is 7.46. The second kappa shape index (κ2) is 6.64. The third kappa shape index (κ3) is 5.30. The molecule has 0 heterocycles. The van der Waals surface area contributed by atoms with Crippen LogP contribution < -0.4 is 11.1 Å². The van der Waals surface area contributed by atoms with Crippen LogP contribution in [0.2, 0.25) is 0 Å². The number of hydrogen-bond donors (Lipinski definition) is 2. The highest BCUT2D eigenvalue weighted by Gasteiger charge is 2.40. The van der Waals surface area contributed by atoms with Gasteiger partial charge in [-0.2, -0.15) is 11.8 Å². The second-order valence-corrected chi connectivity index (χ2v) is 7.10. The first-order chi connectivity index (χ1) is 7.63. The number of amides is 1. The summed E-state index contributed by atoms with van der Waals surface area (Å²) in [6, 6.07) is 0.211. The minimum absolute atomic E-state index is 0.0407. The summed E-state index contributed by atoms with van der Waals surface area (Å²) in [6.07, 6.45) is 1.01. The molecule has 17 heavy (non-hydrogen) atoms. The fraction of sp³-hybridized carbons (Fsp3) is 0.923. The summed E-state index contributed by atoms with van der Waals surface area (Å²) in [5.74, 6) is 2.26. The lowest BCUT2D eigenvalue weighted by Crippen LogP contribution is -2.56. The van der Waals surface area contributed by atoms with Gasteiger partial charge in [0.05, 0.1) is 5.41 Å². The lowest BCUT2D eigenvalue weighted by Gasteiger charge is -2.37. The number of nitrogens with two attached hydrogens (primary N) is 1. The lowest BCUT2D eigenvalue weighted by molar-refractivity contribution is -0.132. The molecule has 3 N–H and O–H groups in total. The average molecular weight is 260 g/mol. The van der Waals surface area contributed by atoms with Gasteiger partial charge in [0.2, 0.25) is 5.91 Å². The minimum Gasteiger partial charge on any atom is -0.353 e. The van der Waals surface area contributed by atoms with Crippen molar-refractivity contribution in [2.45, 2.75) is 59.5 Å². The van der Waals surface area contributed by atoms with E-state index in [0.717, 1.165) is 17.9 Å². The quantitative estimate of drug-likeness (QED) is 0.691. The van der Waals surface area contributed by atoms with Gasteiger partial charge >= 0.3 is 0 Å². The maximum atomic E-state index is 12.2. The van der Waals surface area contributed by atoms with Crippen LogP contribution in [0, 0.1) is 5.41 Å². The molecule has 0 rings (SSSR count). The number of thioether (sulfide) groups is 1. The SMILES string of the molecule is CCSCCC(C)NC(=O)C(C)(C)C(C)(C)N. The smallest absolute Gasteiger partial charge is 0.227 e. The molecule has 0 aliphatic heterocycles. The van der Waals surface area contributed by atoms with Crippen molar-refractivity contribution < 1.29 is 4.79 Å². The Hall–Kier alpha value is -0.220. The highest BCUT2D eigenvalue weighted by atomic mass is 32.2. The van der Waals surface area contributed by atoms with Gasteiger partial charge in [-0.3, -0.25) is 4.79 Å².